The normalized spacial score (nSPS) is 11.7. The van der Waals surface area contributed by atoms with Gasteiger partial charge in [0.25, 0.3) is 5.91 Å². The van der Waals surface area contributed by atoms with Crippen LogP contribution in [0.5, 0.6) is 0 Å². The van der Waals surface area contributed by atoms with Crippen LogP contribution in [0.4, 0.5) is 10.1 Å². The van der Waals surface area contributed by atoms with Gasteiger partial charge in [0.15, 0.2) is 6.04 Å². The Hall–Kier alpha value is -2.98. The van der Waals surface area contributed by atoms with Crippen LogP contribution in [0.1, 0.15) is 17.2 Å². The minimum atomic E-state index is -0.383. The predicted octanol–water partition coefficient (Wildman–Crippen LogP) is 3.27. The Kier molecular flexibility index (Phi) is 5.54. The van der Waals surface area contributed by atoms with Crippen molar-refractivity contribution in [1.29, 1.82) is 0 Å². The number of carbonyl (C=O) groups excluding carboxylic acids is 1. The van der Waals surface area contributed by atoms with Gasteiger partial charge in [-0.25, -0.2) is 4.39 Å². The first kappa shape index (κ1) is 16.9. The number of benzene rings is 3. The standard InChI is InChI=1S/C21H19FN2O/c22-18-11-13-19(14-12-18)24-21(25)20(17-9-5-2-6-10-17)23-15-16-7-3-1-4-8-16/h1-14,20,23H,15H2,(H,24,25)/p+1/t20-/m1/s1. The topological polar surface area (TPSA) is 45.7 Å². The second-order valence-corrected chi connectivity index (χ2v) is 5.81. The lowest BCUT2D eigenvalue weighted by molar-refractivity contribution is -0.697. The van der Waals surface area contributed by atoms with Crippen LogP contribution in [0.3, 0.4) is 0 Å². The SMILES string of the molecule is O=C(Nc1ccc(F)cc1)[C@H]([NH2+]Cc1ccccc1)c1ccccc1. The van der Waals surface area contributed by atoms with Gasteiger partial charge in [-0.15, -0.1) is 0 Å². The molecule has 0 aliphatic heterocycles. The van der Waals surface area contributed by atoms with Crippen molar-refractivity contribution in [2.45, 2.75) is 12.6 Å². The molecule has 0 fully saturated rings. The first-order valence-electron chi connectivity index (χ1n) is 8.21. The average Bonchev–Trinajstić information content (AvgIpc) is 2.65. The number of carbonyl (C=O) groups is 1. The van der Waals surface area contributed by atoms with Crippen molar-refractivity contribution >= 4 is 11.6 Å². The molecule has 0 spiro atoms. The lowest BCUT2D eigenvalue weighted by atomic mass is 10.1. The Morgan fingerprint density at radius 1 is 0.880 bits per heavy atom. The zero-order valence-corrected chi connectivity index (χ0v) is 13.7. The number of amides is 1. The highest BCUT2D eigenvalue weighted by atomic mass is 19.1. The number of hydrogen-bond donors (Lipinski definition) is 2. The predicted molar refractivity (Wildman–Crippen MR) is 96.3 cm³/mol. The molecule has 4 heteroatoms. The summed E-state index contributed by atoms with van der Waals surface area (Å²) in [5, 5.41) is 4.87. The Bertz CT molecular complexity index is 804. The van der Waals surface area contributed by atoms with Gasteiger partial charge in [-0.2, -0.15) is 0 Å². The molecule has 126 valence electrons. The van der Waals surface area contributed by atoms with E-state index in [1.807, 2.05) is 66.0 Å². The van der Waals surface area contributed by atoms with E-state index in [4.69, 9.17) is 0 Å². The summed E-state index contributed by atoms with van der Waals surface area (Å²) in [6, 6.07) is 25.1. The molecular formula is C21H20FN2O+. The fourth-order valence-corrected chi connectivity index (χ4v) is 2.68. The van der Waals surface area contributed by atoms with Gasteiger partial charge in [0, 0.05) is 16.8 Å². The molecule has 25 heavy (non-hydrogen) atoms. The summed E-state index contributed by atoms with van der Waals surface area (Å²) in [6.07, 6.45) is 0. The molecule has 1 amide bonds. The summed E-state index contributed by atoms with van der Waals surface area (Å²) < 4.78 is 13.0. The monoisotopic (exact) mass is 335 g/mol. The lowest BCUT2D eigenvalue weighted by Crippen LogP contribution is -2.85. The molecule has 0 aliphatic carbocycles. The zero-order valence-electron chi connectivity index (χ0n) is 13.7. The smallest absolute Gasteiger partial charge is 0.287 e. The van der Waals surface area contributed by atoms with Crippen molar-refractivity contribution in [3.63, 3.8) is 0 Å². The summed E-state index contributed by atoms with van der Waals surface area (Å²) in [5.74, 6) is -0.456. The quantitative estimate of drug-likeness (QED) is 0.713. The molecule has 0 aromatic heterocycles. The van der Waals surface area contributed by atoms with Gasteiger partial charge in [0.2, 0.25) is 0 Å². The van der Waals surface area contributed by atoms with E-state index < -0.39 is 0 Å². The molecular weight excluding hydrogens is 315 g/mol. The summed E-state index contributed by atoms with van der Waals surface area (Å²) in [7, 11) is 0. The van der Waals surface area contributed by atoms with E-state index in [2.05, 4.69) is 5.32 Å². The third-order valence-electron chi connectivity index (χ3n) is 3.98. The van der Waals surface area contributed by atoms with Crippen LogP contribution in [0.15, 0.2) is 84.9 Å². The van der Waals surface area contributed by atoms with E-state index >= 15 is 0 Å². The number of quaternary nitrogens is 1. The lowest BCUT2D eigenvalue weighted by Gasteiger charge is -2.16. The van der Waals surface area contributed by atoms with Gasteiger partial charge in [-0.05, 0) is 24.3 Å². The molecule has 0 heterocycles. The van der Waals surface area contributed by atoms with Crippen molar-refractivity contribution in [2.75, 3.05) is 5.32 Å². The fourth-order valence-electron chi connectivity index (χ4n) is 2.68. The van der Waals surface area contributed by atoms with Crippen LogP contribution in [0, 0.1) is 5.82 Å². The van der Waals surface area contributed by atoms with Gasteiger partial charge in [-0.1, -0.05) is 60.7 Å². The molecule has 3 aromatic carbocycles. The molecule has 0 aliphatic rings. The third-order valence-corrected chi connectivity index (χ3v) is 3.98. The Morgan fingerprint density at radius 3 is 2.12 bits per heavy atom. The number of nitrogens with one attached hydrogen (secondary N) is 1. The van der Waals surface area contributed by atoms with Crippen LogP contribution in [-0.4, -0.2) is 5.91 Å². The minimum Gasteiger partial charge on any atom is -0.328 e. The van der Waals surface area contributed by atoms with Gasteiger partial charge in [0.1, 0.15) is 12.4 Å². The Morgan fingerprint density at radius 2 is 1.48 bits per heavy atom. The van der Waals surface area contributed by atoms with E-state index in [1.54, 1.807) is 12.1 Å². The summed E-state index contributed by atoms with van der Waals surface area (Å²) in [4.78, 5) is 12.8. The zero-order chi connectivity index (χ0) is 17.5. The second kappa shape index (κ2) is 8.22. The Balaban J connectivity index is 1.75. The Labute approximate surface area is 146 Å². The minimum absolute atomic E-state index is 0.131. The van der Waals surface area contributed by atoms with Crippen molar-refractivity contribution in [1.82, 2.24) is 0 Å². The number of hydrogen-bond acceptors (Lipinski definition) is 1. The third kappa shape index (κ3) is 4.75. The van der Waals surface area contributed by atoms with Crippen LogP contribution in [0.25, 0.3) is 0 Å². The fraction of sp³-hybridized carbons (Fsp3) is 0.0952. The maximum Gasteiger partial charge on any atom is 0.287 e. The molecule has 0 unspecified atom stereocenters. The van der Waals surface area contributed by atoms with E-state index in [0.29, 0.717) is 12.2 Å². The number of rotatable bonds is 6. The molecule has 0 saturated carbocycles. The van der Waals surface area contributed by atoms with Crippen LogP contribution in [-0.2, 0) is 11.3 Å². The molecule has 1 atom stereocenters. The van der Waals surface area contributed by atoms with E-state index in [0.717, 1.165) is 11.1 Å². The highest BCUT2D eigenvalue weighted by Gasteiger charge is 2.24. The number of halogens is 1. The van der Waals surface area contributed by atoms with Crippen molar-refractivity contribution in [3.8, 4) is 0 Å². The van der Waals surface area contributed by atoms with Crippen LogP contribution < -0.4 is 10.6 Å². The maximum atomic E-state index is 13.0. The first-order chi connectivity index (χ1) is 12.2. The van der Waals surface area contributed by atoms with Gasteiger partial charge in [0.05, 0.1) is 0 Å². The van der Waals surface area contributed by atoms with Crippen LogP contribution >= 0.6 is 0 Å². The second-order valence-electron chi connectivity index (χ2n) is 5.81. The summed E-state index contributed by atoms with van der Waals surface area (Å²) in [6.45, 7) is 0.692. The van der Waals surface area contributed by atoms with E-state index in [1.165, 1.54) is 12.1 Å². The summed E-state index contributed by atoms with van der Waals surface area (Å²) >= 11 is 0. The molecule has 0 bridgehead atoms. The van der Waals surface area contributed by atoms with Gasteiger partial charge < -0.3 is 10.6 Å². The van der Waals surface area contributed by atoms with Gasteiger partial charge >= 0.3 is 0 Å². The van der Waals surface area contributed by atoms with Gasteiger partial charge in [-0.3, -0.25) is 4.79 Å². The maximum absolute atomic E-state index is 13.0. The van der Waals surface area contributed by atoms with Crippen molar-refractivity contribution < 1.29 is 14.5 Å². The molecule has 3 N–H and O–H groups in total. The molecule has 0 radical (unpaired) electrons. The van der Waals surface area contributed by atoms with Crippen LogP contribution in [0.2, 0.25) is 0 Å². The number of nitrogens with two attached hydrogens (primary N) is 1. The highest BCUT2D eigenvalue weighted by molar-refractivity contribution is 5.94. The molecule has 3 nitrogen and oxygen atoms in total. The van der Waals surface area contributed by atoms with Crippen molar-refractivity contribution in [2.24, 2.45) is 0 Å². The molecule has 3 aromatic rings. The highest BCUT2D eigenvalue weighted by Crippen LogP contribution is 2.14. The van der Waals surface area contributed by atoms with E-state index in [9.17, 15) is 9.18 Å². The molecule has 0 saturated heterocycles. The van der Waals surface area contributed by atoms with E-state index in [-0.39, 0.29) is 17.8 Å². The summed E-state index contributed by atoms with van der Waals surface area (Å²) in [5.41, 5.74) is 2.66. The number of anilines is 1. The van der Waals surface area contributed by atoms with Crippen molar-refractivity contribution in [3.05, 3.63) is 102 Å². The molecule has 3 rings (SSSR count). The average molecular weight is 335 g/mol. The largest absolute Gasteiger partial charge is 0.328 e. The first-order valence-corrected chi connectivity index (χ1v) is 8.21.